The van der Waals surface area contributed by atoms with Crippen LogP contribution in [0, 0.1) is 0 Å². The maximum absolute atomic E-state index is 10.9. The van der Waals surface area contributed by atoms with Crippen molar-refractivity contribution < 1.29 is 45.6 Å². The van der Waals surface area contributed by atoms with E-state index in [1.54, 1.807) is 13.8 Å². The molecule has 31 heavy (non-hydrogen) atoms. The van der Waals surface area contributed by atoms with Crippen molar-refractivity contribution in [3.8, 4) is 0 Å². The SMILES string of the molecule is C=C(C)C(=O)OC=CC[N+](C)(C)C.C=C(C)C(=O)OC=CC[N+](C)(C)C.O=S(=O)([O-])[O-]. The van der Waals surface area contributed by atoms with Crippen LogP contribution in [0.1, 0.15) is 13.8 Å². The third-order valence-electron chi connectivity index (χ3n) is 2.55. The van der Waals surface area contributed by atoms with Gasteiger partial charge in [0, 0.05) is 33.7 Å². The Hall–Kier alpha value is -2.31. The van der Waals surface area contributed by atoms with E-state index >= 15 is 0 Å². The van der Waals surface area contributed by atoms with Gasteiger partial charge in [-0.1, -0.05) is 13.2 Å². The molecule has 0 rings (SSSR count). The van der Waals surface area contributed by atoms with Crippen LogP contribution < -0.4 is 0 Å². The van der Waals surface area contributed by atoms with E-state index in [0.29, 0.717) is 11.1 Å². The van der Waals surface area contributed by atoms with Crippen LogP contribution in [0.5, 0.6) is 0 Å². The van der Waals surface area contributed by atoms with Gasteiger partial charge in [0.1, 0.15) is 13.1 Å². The Morgan fingerprint density at radius 1 is 0.774 bits per heavy atom. The molecular weight excluding hydrogens is 428 g/mol. The number of ether oxygens (including phenoxy) is 2. The molecule has 0 aromatic rings. The molecule has 0 atom stereocenters. The number of likely N-dealkylation sites (N-methyl/N-ethyl adjacent to an activating group) is 2. The first-order valence-electron chi connectivity index (χ1n) is 8.96. The summed E-state index contributed by atoms with van der Waals surface area (Å²) in [5, 5.41) is 0. The predicted molar refractivity (Wildman–Crippen MR) is 116 cm³/mol. The van der Waals surface area contributed by atoms with Crippen molar-refractivity contribution in [1.29, 1.82) is 0 Å². The average molecular weight is 465 g/mol. The lowest BCUT2D eigenvalue weighted by Gasteiger charge is -2.21. The van der Waals surface area contributed by atoms with Gasteiger partial charge in [-0.15, -0.1) is 0 Å². The van der Waals surface area contributed by atoms with Crippen LogP contribution in [-0.2, 0) is 29.5 Å². The fourth-order valence-electron chi connectivity index (χ4n) is 1.14. The molecule has 0 N–H and O–H groups in total. The number of quaternary nitrogens is 2. The van der Waals surface area contributed by atoms with Crippen molar-refractivity contribution in [3.05, 3.63) is 49.0 Å². The second-order valence-electron chi connectivity index (χ2n) is 8.47. The zero-order valence-electron chi connectivity index (χ0n) is 19.7. The van der Waals surface area contributed by atoms with Gasteiger partial charge in [-0.2, -0.15) is 0 Å². The highest BCUT2D eigenvalue weighted by Crippen LogP contribution is 1.95. The maximum atomic E-state index is 10.9. The van der Waals surface area contributed by atoms with Gasteiger partial charge in [0.15, 0.2) is 0 Å². The molecule has 0 saturated heterocycles. The number of hydrogen-bond donors (Lipinski definition) is 0. The number of esters is 2. The summed E-state index contributed by atoms with van der Waals surface area (Å²) in [7, 11) is 7.20. The average Bonchev–Trinajstić information content (AvgIpc) is 2.52. The maximum Gasteiger partial charge on any atom is 0.337 e. The Balaban J connectivity index is -0.000000416. The van der Waals surface area contributed by atoms with Crippen molar-refractivity contribution >= 4 is 22.3 Å². The minimum Gasteiger partial charge on any atom is -0.759 e. The van der Waals surface area contributed by atoms with Crippen molar-refractivity contribution in [2.24, 2.45) is 0 Å². The number of carbonyl (C=O) groups excluding carboxylic acids is 2. The largest absolute Gasteiger partial charge is 0.759 e. The summed E-state index contributed by atoms with van der Waals surface area (Å²) in [6, 6.07) is 0. The van der Waals surface area contributed by atoms with Gasteiger partial charge < -0.3 is 27.5 Å². The summed E-state index contributed by atoms with van der Waals surface area (Å²) in [5.41, 5.74) is 0.824. The Bertz CT molecular complexity index is 697. The summed E-state index contributed by atoms with van der Waals surface area (Å²) >= 11 is 0. The summed E-state index contributed by atoms with van der Waals surface area (Å²) < 4.78 is 45.2. The third-order valence-corrected chi connectivity index (χ3v) is 2.55. The molecule has 0 aliphatic carbocycles. The summed E-state index contributed by atoms with van der Waals surface area (Å²) in [6.07, 6.45) is 6.47. The van der Waals surface area contributed by atoms with Crippen LogP contribution in [0.4, 0.5) is 0 Å². The van der Waals surface area contributed by atoms with E-state index < -0.39 is 10.4 Å². The molecule has 0 unspecified atom stereocenters. The molecule has 0 heterocycles. The zero-order chi connectivity index (χ0) is 25.5. The number of carbonyl (C=O) groups is 2. The molecule has 0 aliphatic rings. The molecule has 0 aromatic carbocycles. The van der Waals surface area contributed by atoms with Crippen LogP contribution in [0.3, 0.4) is 0 Å². The van der Waals surface area contributed by atoms with Gasteiger partial charge in [0.25, 0.3) is 0 Å². The Kier molecular flexibility index (Phi) is 16.6. The van der Waals surface area contributed by atoms with Gasteiger partial charge in [-0.3, -0.25) is 8.42 Å². The van der Waals surface area contributed by atoms with E-state index in [4.69, 9.17) is 27.0 Å². The highest BCUT2D eigenvalue weighted by molar-refractivity contribution is 7.79. The molecule has 0 spiro atoms. The monoisotopic (exact) mass is 464 g/mol. The summed E-state index contributed by atoms with van der Waals surface area (Å²) in [4.78, 5) is 21.8. The van der Waals surface area contributed by atoms with Gasteiger partial charge in [-0.25, -0.2) is 9.59 Å². The molecule has 0 aromatic heterocycles. The van der Waals surface area contributed by atoms with Crippen LogP contribution in [0.25, 0.3) is 0 Å². The number of hydrogen-bond acceptors (Lipinski definition) is 8. The quantitative estimate of drug-likeness (QED) is 0.131. The fraction of sp³-hybridized carbons (Fsp3) is 0.500. The Morgan fingerprint density at radius 2 is 1.00 bits per heavy atom. The first-order chi connectivity index (χ1) is 13.7. The molecule has 0 bridgehead atoms. The standard InChI is InChI=1S/2C10H18NO2.H2O4S/c2*1-9(2)10(12)13-8-6-7-11(3,4)5;1-5(2,3)4/h2*6,8H,1,7H2,2-5H3;(H2,1,2,3,4)/q2*+1;/p-2. The zero-order valence-corrected chi connectivity index (χ0v) is 20.5. The number of rotatable bonds is 8. The second kappa shape index (κ2) is 15.5. The third kappa shape index (κ3) is 38.8. The van der Waals surface area contributed by atoms with E-state index in [-0.39, 0.29) is 11.9 Å². The molecule has 0 radical (unpaired) electrons. The van der Waals surface area contributed by atoms with E-state index in [0.717, 1.165) is 22.1 Å². The molecule has 0 saturated carbocycles. The molecule has 0 aliphatic heterocycles. The lowest BCUT2D eigenvalue weighted by Crippen LogP contribution is -2.34. The summed E-state index contributed by atoms with van der Waals surface area (Å²) in [5.74, 6) is -0.754. The van der Waals surface area contributed by atoms with E-state index in [2.05, 4.69) is 55.4 Å². The molecule has 0 fully saturated rings. The van der Waals surface area contributed by atoms with Crippen LogP contribution >= 0.6 is 0 Å². The van der Waals surface area contributed by atoms with Crippen LogP contribution in [-0.4, -0.2) is 93.8 Å². The molecule has 0 amide bonds. The molecule has 180 valence electrons. The topological polar surface area (TPSA) is 133 Å². The van der Waals surface area contributed by atoms with Crippen molar-refractivity contribution in [2.45, 2.75) is 13.8 Å². The van der Waals surface area contributed by atoms with Gasteiger partial charge in [0.2, 0.25) is 0 Å². The van der Waals surface area contributed by atoms with Crippen LogP contribution in [0.15, 0.2) is 49.0 Å². The number of nitrogens with zero attached hydrogens (tertiary/aromatic N) is 2. The first-order valence-corrected chi connectivity index (χ1v) is 10.3. The van der Waals surface area contributed by atoms with Gasteiger partial charge in [-0.05, 0) is 13.8 Å². The highest BCUT2D eigenvalue weighted by Gasteiger charge is 2.04. The lowest BCUT2D eigenvalue weighted by molar-refractivity contribution is -0.864. The van der Waals surface area contributed by atoms with E-state index in [9.17, 15) is 9.59 Å². The minimum absolute atomic E-state index is 0.377. The molecule has 10 nitrogen and oxygen atoms in total. The molecular formula is C20H36N2O8S. The normalized spacial score (nSPS) is 11.7. The molecule has 11 heteroatoms. The summed E-state index contributed by atoms with van der Waals surface area (Å²) in [6.45, 7) is 11.8. The highest BCUT2D eigenvalue weighted by atomic mass is 32.3. The van der Waals surface area contributed by atoms with Gasteiger partial charge in [0.05, 0.1) is 54.8 Å². The van der Waals surface area contributed by atoms with Crippen molar-refractivity contribution in [3.63, 3.8) is 0 Å². The minimum atomic E-state index is -5.17. The van der Waals surface area contributed by atoms with E-state index in [1.807, 2.05) is 12.2 Å². The Morgan fingerprint density at radius 3 is 1.16 bits per heavy atom. The lowest BCUT2D eigenvalue weighted by atomic mass is 10.4. The van der Waals surface area contributed by atoms with Crippen molar-refractivity contribution in [2.75, 3.05) is 55.4 Å². The van der Waals surface area contributed by atoms with Gasteiger partial charge >= 0.3 is 11.9 Å². The second-order valence-corrected chi connectivity index (χ2v) is 9.29. The fourth-order valence-corrected chi connectivity index (χ4v) is 1.14. The first kappa shape index (κ1) is 33.3. The van der Waals surface area contributed by atoms with E-state index in [1.165, 1.54) is 12.5 Å². The predicted octanol–water partition coefficient (Wildman–Crippen LogP) is 1.31. The Labute approximate surface area is 186 Å². The van der Waals surface area contributed by atoms with Crippen molar-refractivity contribution in [1.82, 2.24) is 0 Å². The van der Waals surface area contributed by atoms with Crippen LogP contribution in [0.2, 0.25) is 0 Å². The smallest absolute Gasteiger partial charge is 0.337 e.